The summed E-state index contributed by atoms with van der Waals surface area (Å²) >= 11 is 0. The second-order valence-corrected chi connectivity index (χ2v) is 12.2. The van der Waals surface area contributed by atoms with E-state index in [4.69, 9.17) is 14.2 Å². The van der Waals surface area contributed by atoms with E-state index in [2.05, 4.69) is 46.7 Å². The van der Waals surface area contributed by atoms with Crippen molar-refractivity contribution in [3.05, 3.63) is 102 Å². The average Bonchev–Trinajstić information content (AvgIpc) is 3.88. The van der Waals surface area contributed by atoms with Crippen molar-refractivity contribution in [2.75, 3.05) is 63.7 Å². The van der Waals surface area contributed by atoms with Crippen LogP contribution in [0.3, 0.4) is 0 Å². The Bertz CT molecular complexity index is 2050. The number of pyridine rings is 2. The number of hydrogen-bond acceptors (Lipinski definition) is 12. The van der Waals surface area contributed by atoms with E-state index in [-0.39, 0.29) is 11.3 Å². The second kappa shape index (κ2) is 17.9. The van der Waals surface area contributed by atoms with Gasteiger partial charge in [0.25, 0.3) is 5.82 Å². The van der Waals surface area contributed by atoms with Crippen LogP contribution in [0.5, 0.6) is 23.0 Å². The molecule has 4 N–H and O–H groups in total. The maximum Gasteiger partial charge on any atom is 0.341 e. The molecule has 13 nitrogen and oxygen atoms in total. The predicted molar refractivity (Wildman–Crippen MR) is 199 cm³/mol. The van der Waals surface area contributed by atoms with Gasteiger partial charge in [0.1, 0.15) is 52.1 Å². The molecule has 2 aromatic carbocycles. The first-order valence-electron chi connectivity index (χ1n) is 17.3. The summed E-state index contributed by atoms with van der Waals surface area (Å²) < 4.78 is 34.5. The van der Waals surface area contributed by atoms with Crippen LogP contribution >= 0.6 is 0 Å². The summed E-state index contributed by atoms with van der Waals surface area (Å²) in [5.74, 6) is 0.603. The van der Waals surface area contributed by atoms with Gasteiger partial charge in [-0.15, -0.1) is 0 Å². The molecule has 2 saturated heterocycles. The van der Waals surface area contributed by atoms with Crippen molar-refractivity contribution in [2.24, 2.45) is 0 Å². The smallest absolute Gasteiger partial charge is 0.341 e. The number of methoxy groups -OCH3 is 2. The van der Waals surface area contributed by atoms with Crippen LogP contribution in [0.15, 0.2) is 73.2 Å². The highest BCUT2D eigenvalue weighted by molar-refractivity contribution is 5.93. The molecule has 0 atom stereocenters. The van der Waals surface area contributed by atoms with Gasteiger partial charge in [-0.25, -0.2) is 19.0 Å². The lowest BCUT2D eigenvalue weighted by atomic mass is 10.1. The lowest BCUT2D eigenvalue weighted by molar-refractivity contribution is 0.0588. The van der Waals surface area contributed by atoms with Crippen molar-refractivity contribution >= 4 is 40.6 Å². The van der Waals surface area contributed by atoms with Gasteiger partial charge in [0.15, 0.2) is 11.3 Å². The lowest BCUT2D eigenvalue weighted by Gasteiger charge is -2.29. The SMILES string of the molecule is C1CCNCC1.COC(=O)c1ccc(F)cc1Oc1cnc2c(c1)C=[C+]N2.COC(=O)c1ccc(N2CCNCC2)cc1Oc1cnc2[nH]ccc2c1. The molecule has 3 aromatic heterocycles. The molecule has 2 fully saturated rings. The molecule has 3 aliphatic rings. The first kappa shape index (κ1) is 36.7. The standard InChI is InChI=1S/C19H20N4O3.C15H10FN2O3.C5H11N/c1-25-19(24)16-3-2-14(23-8-6-20-7-9-23)11-17(16)26-15-10-13-4-5-21-18(13)22-12-15;1-20-15(19)12-3-2-10(16)7-13(12)21-11-6-9-4-5-17-14(9)18-8-11;1-2-4-6-5-3-1/h2-5,10-12,20H,6-9H2,1H3,(H,21,22);2-4,6-8H,1H3,(H,17,18);6H,1-5H2/q;+1;. The summed E-state index contributed by atoms with van der Waals surface area (Å²) in [7, 11) is 2.61. The minimum absolute atomic E-state index is 0.0718. The zero-order chi connectivity index (χ0) is 37.0. The number of nitrogens with zero attached hydrogens (tertiary/aromatic N) is 3. The molecular formula is C39H41FN7O6+. The number of piperazine rings is 1. The largest absolute Gasteiger partial charge is 0.465 e. The first-order chi connectivity index (χ1) is 25.9. The summed E-state index contributed by atoms with van der Waals surface area (Å²) in [6, 6.07) is 14.7. The van der Waals surface area contributed by atoms with Crippen LogP contribution in [0, 0.1) is 12.0 Å². The zero-order valence-electron chi connectivity index (χ0n) is 29.5. The lowest BCUT2D eigenvalue weighted by Crippen LogP contribution is -2.43. The summed E-state index contributed by atoms with van der Waals surface area (Å²) in [5.41, 5.74) is 3.13. The Morgan fingerprint density at radius 3 is 2.11 bits per heavy atom. The molecule has 0 spiro atoms. The third-order valence-corrected chi connectivity index (χ3v) is 8.55. The van der Waals surface area contributed by atoms with E-state index in [0.29, 0.717) is 28.6 Å². The maximum atomic E-state index is 13.4. The highest BCUT2D eigenvalue weighted by Crippen LogP contribution is 2.32. The van der Waals surface area contributed by atoms with Gasteiger partial charge in [-0.1, -0.05) is 6.42 Å². The number of benzene rings is 2. The number of hydrogen-bond donors (Lipinski definition) is 4. The fourth-order valence-electron chi connectivity index (χ4n) is 5.80. The van der Waals surface area contributed by atoms with Crippen molar-refractivity contribution < 1.29 is 32.9 Å². The summed E-state index contributed by atoms with van der Waals surface area (Å²) in [6.07, 6.45) is 13.7. The van der Waals surface area contributed by atoms with E-state index in [1.54, 1.807) is 24.4 Å². The molecule has 0 aliphatic carbocycles. The van der Waals surface area contributed by atoms with Gasteiger partial charge in [0.2, 0.25) is 0 Å². The Hall–Kier alpha value is -6.08. The fourth-order valence-corrected chi connectivity index (χ4v) is 5.80. The summed E-state index contributed by atoms with van der Waals surface area (Å²) in [5, 5.41) is 10.4. The Labute approximate surface area is 306 Å². The highest BCUT2D eigenvalue weighted by Gasteiger charge is 2.21. The van der Waals surface area contributed by atoms with Crippen LogP contribution < -0.4 is 30.3 Å². The van der Waals surface area contributed by atoms with Crippen molar-refractivity contribution in [2.45, 2.75) is 19.3 Å². The van der Waals surface area contributed by atoms with E-state index in [0.717, 1.165) is 54.5 Å². The van der Waals surface area contributed by atoms with E-state index < -0.39 is 17.8 Å². The minimum atomic E-state index is -0.603. The molecule has 3 aliphatic heterocycles. The Morgan fingerprint density at radius 1 is 0.774 bits per heavy atom. The Morgan fingerprint density at radius 2 is 1.43 bits per heavy atom. The average molecular weight is 723 g/mol. The Kier molecular flexibility index (Phi) is 12.4. The number of nitrogens with one attached hydrogen (secondary N) is 4. The molecule has 53 heavy (non-hydrogen) atoms. The van der Waals surface area contributed by atoms with Gasteiger partial charge in [0.05, 0.1) is 32.7 Å². The number of H-pyrrole nitrogens is 1. The molecule has 0 unspecified atom stereocenters. The van der Waals surface area contributed by atoms with Crippen LogP contribution in [0.25, 0.3) is 17.1 Å². The van der Waals surface area contributed by atoms with Crippen LogP contribution in [0.4, 0.5) is 15.9 Å². The molecule has 14 heteroatoms. The van der Waals surface area contributed by atoms with E-state index in [1.165, 1.54) is 64.9 Å². The summed E-state index contributed by atoms with van der Waals surface area (Å²) in [4.78, 5) is 37.6. The van der Waals surface area contributed by atoms with Crippen molar-refractivity contribution in [3.63, 3.8) is 0 Å². The highest BCUT2D eigenvalue weighted by atomic mass is 19.1. The van der Waals surface area contributed by atoms with Gasteiger partial charge in [-0.05, 0) is 62.3 Å². The third-order valence-electron chi connectivity index (χ3n) is 8.55. The number of piperidine rings is 1. The first-order valence-corrected chi connectivity index (χ1v) is 17.3. The number of fused-ring (bicyclic) bond motifs is 2. The number of halogens is 1. The molecular weight excluding hydrogens is 681 g/mol. The van der Waals surface area contributed by atoms with Crippen LogP contribution in [0.1, 0.15) is 45.5 Å². The number of carbonyl (C=O) groups excluding carboxylic acids is 2. The maximum absolute atomic E-state index is 13.4. The molecule has 5 aromatic rings. The monoisotopic (exact) mass is 722 g/mol. The number of esters is 2. The topological polar surface area (TPSA) is 152 Å². The number of aromatic amines is 1. The number of ether oxygens (including phenoxy) is 4. The van der Waals surface area contributed by atoms with Crippen LogP contribution in [-0.2, 0) is 9.47 Å². The molecule has 0 radical (unpaired) electrons. The molecule has 0 amide bonds. The van der Waals surface area contributed by atoms with Crippen molar-refractivity contribution in [1.82, 2.24) is 25.6 Å². The minimum Gasteiger partial charge on any atom is -0.465 e. The van der Waals surface area contributed by atoms with Gasteiger partial charge >= 0.3 is 11.9 Å². The zero-order valence-corrected chi connectivity index (χ0v) is 29.5. The quantitative estimate of drug-likeness (QED) is 0.110. The normalized spacial score (nSPS) is 14.3. The molecule has 0 saturated carbocycles. The summed E-state index contributed by atoms with van der Waals surface area (Å²) in [6.45, 7) is 6.19. The van der Waals surface area contributed by atoms with Gasteiger partial charge in [0, 0.05) is 55.6 Å². The molecule has 8 rings (SSSR count). The molecule has 274 valence electrons. The molecule has 6 heterocycles. The van der Waals surface area contributed by atoms with E-state index in [9.17, 15) is 14.0 Å². The van der Waals surface area contributed by atoms with Gasteiger partial charge in [-0.2, -0.15) is 10.3 Å². The van der Waals surface area contributed by atoms with Gasteiger partial charge < -0.3 is 39.5 Å². The Balaban J connectivity index is 0.000000159. The van der Waals surface area contributed by atoms with Crippen LogP contribution in [-0.4, -0.2) is 80.4 Å². The second-order valence-electron chi connectivity index (χ2n) is 12.2. The third kappa shape index (κ3) is 9.63. The van der Waals surface area contributed by atoms with Crippen molar-refractivity contribution in [1.29, 1.82) is 0 Å². The fraction of sp³-hybridized carbons (Fsp3) is 0.282. The van der Waals surface area contributed by atoms with E-state index in [1.807, 2.05) is 30.5 Å². The van der Waals surface area contributed by atoms with E-state index >= 15 is 0 Å². The number of aromatic nitrogens is 3. The van der Waals surface area contributed by atoms with Gasteiger partial charge in [-0.3, -0.25) is 0 Å². The number of anilines is 2. The van der Waals surface area contributed by atoms with Crippen LogP contribution in [0.2, 0.25) is 0 Å². The van der Waals surface area contributed by atoms with Crippen molar-refractivity contribution in [3.8, 4) is 23.0 Å². The number of carbonyl (C=O) groups is 2. The molecule has 0 bridgehead atoms. The predicted octanol–water partition coefficient (Wildman–Crippen LogP) is 6.31. The number of rotatable bonds is 7.